The molecule has 5 rings (SSSR count). The number of aromatic hydroxyl groups is 1. The van der Waals surface area contributed by atoms with Crippen LogP contribution in [0, 0.1) is 13.8 Å². The van der Waals surface area contributed by atoms with Crippen molar-refractivity contribution in [2.75, 3.05) is 18.0 Å². The molecule has 0 bridgehead atoms. The van der Waals surface area contributed by atoms with Gasteiger partial charge in [0.15, 0.2) is 5.65 Å². The van der Waals surface area contributed by atoms with Crippen LogP contribution in [0.5, 0.6) is 5.75 Å². The predicted octanol–water partition coefficient (Wildman–Crippen LogP) is 3.69. The van der Waals surface area contributed by atoms with Gasteiger partial charge in [-0.1, -0.05) is 0 Å². The highest BCUT2D eigenvalue weighted by molar-refractivity contribution is 5.92. The van der Waals surface area contributed by atoms with Gasteiger partial charge in [-0.3, -0.25) is 4.68 Å². The van der Waals surface area contributed by atoms with E-state index in [1.807, 2.05) is 38.5 Å². The van der Waals surface area contributed by atoms with E-state index in [0.717, 1.165) is 40.6 Å². The largest absolute Gasteiger partial charge is 0.507 e. The molecule has 2 atom stereocenters. The number of phenols is 1. The lowest BCUT2D eigenvalue weighted by Gasteiger charge is -2.38. The van der Waals surface area contributed by atoms with Crippen molar-refractivity contribution in [3.8, 4) is 17.0 Å². The average Bonchev–Trinajstić information content (AvgIpc) is 3.10. The van der Waals surface area contributed by atoms with Crippen molar-refractivity contribution in [3.63, 3.8) is 0 Å². The summed E-state index contributed by atoms with van der Waals surface area (Å²) in [7, 11) is 1.88. The zero-order valence-corrected chi connectivity index (χ0v) is 18.6. The van der Waals surface area contributed by atoms with Crippen molar-refractivity contribution >= 4 is 27.6 Å². The number of rotatable bonds is 2. The summed E-state index contributed by atoms with van der Waals surface area (Å²) in [6, 6.07) is 6.87. The van der Waals surface area contributed by atoms with E-state index in [9.17, 15) is 5.11 Å². The Hall–Kier alpha value is -3.19. The highest BCUT2D eigenvalue weighted by atomic mass is 16.3. The number of anilines is 1. The zero-order valence-electron chi connectivity index (χ0n) is 18.6. The summed E-state index contributed by atoms with van der Waals surface area (Å²) in [5, 5.41) is 20.9. The van der Waals surface area contributed by atoms with Crippen LogP contribution in [0.2, 0.25) is 0 Å². The minimum atomic E-state index is 0.218. The maximum atomic E-state index is 10.8. The molecule has 4 heterocycles. The average molecular weight is 417 g/mol. The summed E-state index contributed by atoms with van der Waals surface area (Å²) >= 11 is 0. The lowest BCUT2D eigenvalue weighted by molar-refractivity contribution is 0.406. The number of nitrogens with zero attached hydrogens (tertiary/aromatic N) is 5. The first kappa shape index (κ1) is 19.8. The highest BCUT2D eigenvalue weighted by Gasteiger charge is 2.23. The molecule has 1 aliphatic rings. The zero-order chi connectivity index (χ0) is 21.9. The van der Waals surface area contributed by atoms with Crippen LogP contribution in [-0.2, 0) is 7.05 Å². The molecule has 2 unspecified atom stereocenters. The van der Waals surface area contributed by atoms with E-state index in [1.54, 1.807) is 4.68 Å². The molecule has 0 saturated carbocycles. The first-order valence-corrected chi connectivity index (χ1v) is 10.8. The molecule has 1 saturated heterocycles. The number of piperazine rings is 1. The molecule has 3 aromatic heterocycles. The molecule has 7 nitrogen and oxygen atoms in total. The molecule has 31 heavy (non-hydrogen) atoms. The third-order valence-corrected chi connectivity index (χ3v) is 6.27. The van der Waals surface area contributed by atoms with Gasteiger partial charge in [0.2, 0.25) is 0 Å². The van der Waals surface area contributed by atoms with Crippen LogP contribution in [0.15, 0.2) is 30.6 Å². The lowest BCUT2D eigenvalue weighted by atomic mass is 10.0. The molecule has 4 aromatic rings. The van der Waals surface area contributed by atoms with Crippen molar-refractivity contribution in [1.82, 2.24) is 25.1 Å². The van der Waals surface area contributed by atoms with E-state index >= 15 is 0 Å². The summed E-state index contributed by atoms with van der Waals surface area (Å²) in [5.41, 5.74) is 6.03. The number of hydrogen-bond donors (Lipinski definition) is 2. The molecule has 1 aliphatic heterocycles. The maximum Gasteiger partial charge on any atom is 0.160 e. The standard InChI is InChI=1S/C24H28N6O/c1-13-10-30(11-14(2)26-13)21-9-25-24-18(15(21)3)6-7-20(27-24)19-8-17-12-29(5)28-22(17)16(4)23(19)31/h6-9,12-14,26,31H,10-11H2,1-5H3. The van der Waals surface area contributed by atoms with E-state index in [-0.39, 0.29) is 5.75 Å². The predicted molar refractivity (Wildman–Crippen MR) is 125 cm³/mol. The normalized spacial score (nSPS) is 19.5. The van der Waals surface area contributed by atoms with E-state index in [4.69, 9.17) is 9.97 Å². The fourth-order valence-corrected chi connectivity index (χ4v) is 4.83. The molecule has 1 fully saturated rings. The topological polar surface area (TPSA) is 79.1 Å². The fraction of sp³-hybridized carbons (Fsp3) is 0.375. The van der Waals surface area contributed by atoms with Gasteiger partial charge in [0, 0.05) is 60.3 Å². The van der Waals surface area contributed by atoms with Crippen LogP contribution in [0.4, 0.5) is 5.69 Å². The SMILES string of the molecule is Cc1c(N2CC(C)NC(C)C2)cnc2nc(-c3cc4cn(C)nc4c(C)c3O)ccc12. The number of nitrogens with one attached hydrogen (secondary N) is 1. The van der Waals surface area contributed by atoms with Gasteiger partial charge in [0.1, 0.15) is 5.75 Å². The number of fused-ring (bicyclic) bond motifs is 2. The van der Waals surface area contributed by atoms with Crippen molar-refractivity contribution in [2.24, 2.45) is 7.05 Å². The number of pyridine rings is 2. The van der Waals surface area contributed by atoms with Gasteiger partial charge in [-0.05, 0) is 51.5 Å². The Labute approximate surface area is 181 Å². The Kier molecular flexibility index (Phi) is 4.59. The number of aromatic nitrogens is 4. The molecule has 1 aromatic carbocycles. The third-order valence-electron chi connectivity index (χ3n) is 6.27. The van der Waals surface area contributed by atoms with Crippen LogP contribution in [0.3, 0.4) is 0 Å². The summed E-state index contributed by atoms with van der Waals surface area (Å²) in [6.07, 6.45) is 3.89. The molecule has 160 valence electrons. The van der Waals surface area contributed by atoms with Crippen LogP contribution < -0.4 is 10.2 Å². The van der Waals surface area contributed by atoms with Crippen LogP contribution in [-0.4, -0.2) is 50.0 Å². The van der Waals surface area contributed by atoms with E-state index < -0.39 is 0 Å². The number of phenolic OH excluding ortho intramolecular Hbond substituents is 1. The van der Waals surface area contributed by atoms with Gasteiger partial charge < -0.3 is 15.3 Å². The van der Waals surface area contributed by atoms with Crippen molar-refractivity contribution in [3.05, 3.63) is 41.7 Å². The summed E-state index contributed by atoms with van der Waals surface area (Å²) < 4.78 is 1.76. The Morgan fingerprint density at radius 1 is 1.10 bits per heavy atom. The highest BCUT2D eigenvalue weighted by Crippen LogP contribution is 2.37. The molecule has 0 aliphatic carbocycles. The Morgan fingerprint density at radius 2 is 1.84 bits per heavy atom. The quantitative estimate of drug-likeness (QED) is 0.519. The third kappa shape index (κ3) is 3.29. The summed E-state index contributed by atoms with van der Waals surface area (Å²) in [6.45, 7) is 10.4. The lowest BCUT2D eigenvalue weighted by Crippen LogP contribution is -2.54. The van der Waals surface area contributed by atoms with Gasteiger partial charge in [0.05, 0.1) is 23.1 Å². The fourth-order valence-electron chi connectivity index (χ4n) is 4.83. The van der Waals surface area contributed by atoms with Gasteiger partial charge in [-0.2, -0.15) is 5.10 Å². The first-order chi connectivity index (χ1) is 14.8. The van der Waals surface area contributed by atoms with Crippen molar-refractivity contribution < 1.29 is 5.11 Å². The Balaban J connectivity index is 1.59. The van der Waals surface area contributed by atoms with Crippen LogP contribution in [0.25, 0.3) is 33.2 Å². The molecule has 0 radical (unpaired) electrons. The molecule has 7 heteroatoms. The maximum absolute atomic E-state index is 10.8. The molecular formula is C24H28N6O. The van der Waals surface area contributed by atoms with Gasteiger partial charge >= 0.3 is 0 Å². The second-order valence-corrected chi connectivity index (χ2v) is 8.85. The molecule has 0 amide bonds. The van der Waals surface area contributed by atoms with Crippen molar-refractivity contribution in [1.29, 1.82) is 0 Å². The minimum absolute atomic E-state index is 0.218. The van der Waals surface area contributed by atoms with Crippen LogP contribution >= 0.6 is 0 Å². The van der Waals surface area contributed by atoms with E-state index in [2.05, 4.69) is 42.2 Å². The second kappa shape index (κ2) is 7.20. The number of aryl methyl sites for hydroxylation is 3. The van der Waals surface area contributed by atoms with Crippen LogP contribution in [0.1, 0.15) is 25.0 Å². The number of benzene rings is 1. The van der Waals surface area contributed by atoms with E-state index in [0.29, 0.717) is 29.0 Å². The number of hydrogen-bond acceptors (Lipinski definition) is 6. The van der Waals surface area contributed by atoms with E-state index in [1.165, 1.54) is 5.56 Å². The Morgan fingerprint density at radius 3 is 2.58 bits per heavy atom. The van der Waals surface area contributed by atoms with Crippen molar-refractivity contribution in [2.45, 2.75) is 39.8 Å². The summed E-state index contributed by atoms with van der Waals surface area (Å²) in [4.78, 5) is 11.9. The minimum Gasteiger partial charge on any atom is -0.507 e. The molecular weight excluding hydrogens is 388 g/mol. The molecule has 0 spiro atoms. The monoisotopic (exact) mass is 416 g/mol. The van der Waals surface area contributed by atoms with Gasteiger partial charge in [-0.25, -0.2) is 9.97 Å². The summed E-state index contributed by atoms with van der Waals surface area (Å²) in [5.74, 6) is 0.218. The first-order valence-electron chi connectivity index (χ1n) is 10.8. The molecule has 2 N–H and O–H groups in total. The Bertz CT molecular complexity index is 1300. The van der Waals surface area contributed by atoms with Gasteiger partial charge in [-0.15, -0.1) is 0 Å². The second-order valence-electron chi connectivity index (χ2n) is 8.85. The smallest absolute Gasteiger partial charge is 0.160 e. The van der Waals surface area contributed by atoms with Gasteiger partial charge in [0.25, 0.3) is 0 Å².